The van der Waals surface area contributed by atoms with Gasteiger partial charge >= 0.3 is 5.69 Å². The molecule has 0 aliphatic carbocycles. The van der Waals surface area contributed by atoms with E-state index in [2.05, 4.69) is 43.0 Å². The molecule has 0 aromatic carbocycles. The van der Waals surface area contributed by atoms with Gasteiger partial charge in [0, 0.05) is 17.9 Å². The molecule has 19 heavy (non-hydrogen) atoms. The lowest BCUT2D eigenvalue weighted by Crippen LogP contribution is -2.36. The molecule has 1 aliphatic rings. The summed E-state index contributed by atoms with van der Waals surface area (Å²) in [5, 5.41) is 10.6. The highest BCUT2D eigenvalue weighted by Crippen LogP contribution is 2.27. The van der Waals surface area contributed by atoms with E-state index >= 15 is 0 Å². The molecule has 1 fully saturated rings. The van der Waals surface area contributed by atoms with Crippen molar-refractivity contribution in [2.45, 2.75) is 24.6 Å². The van der Waals surface area contributed by atoms with Crippen molar-refractivity contribution in [2.75, 3.05) is 18.0 Å². The first-order valence-electron chi connectivity index (χ1n) is 6.48. The Balaban J connectivity index is 1.81. The van der Waals surface area contributed by atoms with E-state index in [1.807, 2.05) is 12.1 Å². The third-order valence-electron chi connectivity index (χ3n) is 3.77. The van der Waals surface area contributed by atoms with Crippen LogP contribution in [0, 0.1) is 5.92 Å². The topological polar surface area (TPSA) is 66.3 Å². The number of anilines is 1. The molecule has 0 saturated carbocycles. The fraction of sp³-hybridized carbons (Fsp3) is 0.583. The minimum absolute atomic E-state index is 0.291. The summed E-state index contributed by atoms with van der Waals surface area (Å²) in [5.41, 5.74) is 0.263. The zero-order valence-corrected chi connectivity index (χ0v) is 12.3. The first-order valence-corrected chi connectivity index (χ1v) is 7.40. The summed E-state index contributed by atoms with van der Waals surface area (Å²) in [6, 6.07) is 3.74. The van der Waals surface area contributed by atoms with Gasteiger partial charge in [-0.2, -0.15) is 9.61 Å². The molecular formula is C12H16BrN5O. The van der Waals surface area contributed by atoms with E-state index in [0.717, 1.165) is 37.7 Å². The average molecular weight is 326 g/mol. The molecule has 2 aromatic heterocycles. The SMILES string of the molecule is CC(Br)C1CCN(c2ccc3n[nH]c(=O)n3n2)CC1. The predicted octanol–water partition coefficient (Wildman–Crippen LogP) is 1.42. The van der Waals surface area contributed by atoms with Crippen LogP contribution < -0.4 is 10.6 Å². The van der Waals surface area contributed by atoms with Crippen LogP contribution in [-0.2, 0) is 0 Å². The minimum atomic E-state index is -0.291. The van der Waals surface area contributed by atoms with Crippen molar-refractivity contribution in [3.63, 3.8) is 0 Å². The highest BCUT2D eigenvalue weighted by molar-refractivity contribution is 9.09. The van der Waals surface area contributed by atoms with E-state index in [1.165, 1.54) is 4.52 Å². The number of piperidine rings is 1. The van der Waals surface area contributed by atoms with Gasteiger partial charge in [-0.3, -0.25) is 0 Å². The van der Waals surface area contributed by atoms with Crippen molar-refractivity contribution in [3.05, 3.63) is 22.6 Å². The zero-order valence-electron chi connectivity index (χ0n) is 10.7. The Labute approximate surface area is 118 Å². The number of halogens is 1. The first kappa shape index (κ1) is 12.7. The Morgan fingerprint density at radius 1 is 1.42 bits per heavy atom. The summed E-state index contributed by atoms with van der Waals surface area (Å²) in [7, 11) is 0. The van der Waals surface area contributed by atoms with Gasteiger partial charge in [0.15, 0.2) is 5.65 Å². The molecule has 0 bridgehead atoms. The average Bonchev–Trinajstić information content (AvgIpc) is 2.80. The molecule has 1 atom stereocenters. The normalized spacial score (nSPS) is 18.9. The number of hydrogen-bond acceptors (Lipinski definition) is 4. The molecule has 0 spiro atoms. The molecule has 6 nitrogen and oxygen atoms in total. The molecule has 7 heteroatoms. The monoisotopic (exact) mass is 325 g/mol. The van der Waals surface area contributed by atoms with Gasteiger partial charge in [0.05, 0.1) is 0 Å². The zero-order chi connectivity index (χ0) is 13.4. The number of alkyl halides is 1. The van der Waals surface area contributed by atoms with Crippen LogP contribution in [0.4, 0.5) is 5.82 Å². The van der Waals surface area contributed by atoms with Crippen molar-refractivity contribution in [1.82, 2.24) is 19.8 Å². The molecule has 3 rings (SSSR count). The first-order chi connectivity index (χ1) is 9.15. The fourth-order valence-corrected chi connectivity index (χ4v) is 3.08. The molecule has 102 valence electrons. The smallest absolute Gasteiger partial charge is 0.355 e. The van der Waals surface area contributed by atoms with Crippen LogP contribution in [0.2, 0.25) is 0 Å². The molecular weight excluding hydrogens is 310 g/mol. The van der Waals surface area contributed by atoms with Gasteiger partial charge in [-0.05, 0) is 30.9 Å². The van der Waals surface area contributed by atoms with E-state index in [9.17, 15) is 4.79 Å². The summed E-state index contributed by atoms with van der Waals surface area (Å²) >= 11 is 3.66. The highest BCUT2D eigenvalue weighted by atomic mass is 79.9. The van der Waals surface area contributed by atoms with Crippen LogP contribution in [0.15, 0.2) is 16.9 Å². The summed E-state index contributed by atoms with van der Waals surface area (Å²) in [4.78, 5) is 14.3. The number of hydrogen-bond donors (Lipinski definition) is 1. The number of aromatic nitrogens is 4. The van der Waals surface area contributed by atoms with Crippen LogP contribution in [-0.4, -0.2) is 37.7 Å². The summed E-state index contributed by atoms with van der Waals surface area (Å²) in [6.07, 6.45) is 2.29. The Morgan fingerprint density at radius 2 is 2.16 bits per heavy atom. The van der Waals surface area contributed by atoms with Gasteiger partial charge < -0.3 is 4.90 Å². The molecule has 1 aliphatic heterocycles. The van der Waals surface area contributed by atoms with Crippen molar-refractivity contribution in [3.8, 4) is 0 Å². The van der Waals surface area contributed by atoms with Crippen molar-refractivity contribution >= 4 is 27.4 Å². The van der Waals surface area contributed by atoms with Gasteiger partial charge in [-0.1, -0.05) is 22.9 Å². The Bertz CT molecular complexity index is 626. The van der Waals surface area contributed by atoms with Gasteiger partial charge in [-0.25, -0.2) is 9.89 Å². The second-order valence-corrected chi connectivity index (χ2v) is 6.44. The van der Waals surface area contributed by atoms with E-state index in [1.54, 1.807) is 0 Å². The number of nitrogens with one attached hydrogen (secondary N) is 1. The number of nitrogens with zero attached hydrogens (tertiary/aromatic N) is 4. The Morgan fingerprint density at radius 3 is 2.84 bits per heavy atom. The lowest BCUT2D eigenvalue weighted by Gasteiger charge is -2.33. The van der Waals surface area contributed by atoms with E-state index < -0.39 is 0 Å². The second kappa shape index (κ2) is 4.96. The van der Waals surface area contributed by atoms with Crippen molar-refractivity contribution in [1.29, 1.82) is 0 Å². The van der Waals surface area contributed by atoms with Gasteiger partial charge in [0.25, 0.3) is 0 Å². The maximum atomic E-state index is 11.5. The van der Waals surface area contributed by atoms with E-state index in [4.69, 9.17) is 0 Å². The third-order valence-corrected chi connectivity index (χ3v) is 4.52. The summed E-state index contributed by atoms with van der Waals surface area (Å²) in [6.45, 7) is 4.16. The minimum Gasteiger partial charge on any atom is -0.355 e. The molecule has 1 N–H and O–H groups in total. The van der Waals surface area contributed by atoms with E-state index in [-0.39, 0.29) is 5.69 Å². The standard InChI is InChI=1S/C12H16BrN5O/c1-8(13)9-4-6-17(7-5-9)11-3-2-10-14-15-12(19)18(10)16-11/h2-3,8-9H,4-7H2,1H3,(H,15,19). The molecule has 3 heterocycles. The Hall–Kier alpha value is -1.37. The quantitative estimate of drug-likeness (QED) is 0.848. The van der Waals surface area contributed by atoms with E-state index in [0.29, 0.717) is 10.5 Å². The maximum Gasteiger partial charge on any atom is 0.364 e. The molecule has 2 aromatic rings. The number of fused-ring (bicyclic) bond motifs is 1. The maximum absolute atomic E-state index is 11.5. The van der Waals surface area contributed by atoms with Crippen LogP contribution >= 0.6 is 15.9 Å². The van der Waals surface area contributed by atoms with Crippen LogP contribution in [0.3, 0.4) is 0 Å². The number of aromatic amines is 1. The van der Waals surface area contributed by atoms with Crippen LogP contribution in [0.25, 0.3) is 5.65 Å². The van der Waals surface area contributed by atoms with Crippen LogP contribution in [0.1, 0.15) is 19.8 Å². The van der Waals surface area contributed by atoms with Gasteiger partial charge in [0.2, 0.25) is 0 Å². The lowest BCUT2D eigenvalue weighted by molar-refractivity contribution is 0.405. The van der Waals surface area contributed by atoms with Gasteiger partial charge in [0.1, 0.15) is 5.82 Å². The molecule has 0 amide bonds. The lowest BCUT2D eigenvalue weighted by atomic mass is 9.94. The highest BCUT2D eigenvalue weighted by Gasteiger charge is 2.23. The summed E-state index contributed by atoms with van der Waals surface area (Å²) < 4.78 is 1.31. The number of H-pyrrole nitrogens is 1. The second-order valence-electron chi connectivity index (χ2n) is 4.99. The van der Waals surface area contributed by atoms with Crippen LogP contribution in [0.5, 0.6) is 0 Å². The van der Waals surface area contributed by atoms with Gasteiger partial charge in [-0.15, -0.1) is 5.10 Å². The van der Waals surface area contributed by atoms with Crippen molar-refractivity contribution < 1.29 is 0 Å². The summed E-state index contributed by atoms with van der Waals surface area (Å²) in [5.74, 6) is 1.56. The molecule has 1 unspecified atom stereocenters. The predicted molar refractivity (Wildman–Crippen MR) is 76.9 cm³/mol. The van der Waals surface area contributed by atoms with Crippen molar-refractivity contribution in [2.24, 2.45) is 5.92 Å². The molecule has 0 radical (unpaired) electrons. The largest absolute Gasteiger partial charge is 0.364 e. The fourth-order valence-electron chi connectivity index (χ4n) is 2.55. The third kappa shape index (κ3) is 2.39. The Kier molecular flexibility index (Phi) is 3.30. The molecule has 1 saturated heterocycles. The number of rotatable bonds is 2.